The van der Waals surface area contributed by atoms with E-state index in [4.69, 9.17) is 9.97 Å². The summed E-state index contributed by atoms with van der Waals surface area (Å²) < 4.78 is 0. The van der Waals surface area contributed by atoms with Crippen molar-refractivity contribution in [3.8, 4) is 0 Å². The molecular formula is C25H24N4. The van der Waals surface area contributed by atoms with Gasteiger partial charge in [0, 0.05) is 12.3 Å². The Bertz CT molecular complexity index is 1210. The van der Waals surface area contributed by atoms with E-state index in [2.05, 4.69) is 66.3 Å². The lowest BCUT2D eigenvalue weighted by atomic mass is 9.93. The minimum atomic E-state index is 0.212. The van der Waals surface area contributed by atoms with Gasteiger partial charge in [-0.3, -0.25) is 0 Å². The average molecular weight is 380 g/mol. The van der Waals surface area contributed by atoms with Gasteiger partial charge in [0.05, 0.1) is 22.1 Å². The molecule has 4 nitrogen and oxygen atoms in total. The molecule has 0 saturated heterocycles. The summed E-state index contributed by atoms with van der Waals surface area (Å²) in [4.78, 5) is 16.8. The molecule has 0 aliphatic heterocycles. The smallest absolute Gasteiger partial charge is 0.111 e. The second-order valence-electron chi connectivity index (χ2n) is 7.94. The van der Waals surface area contributed by atoms with Gasteiger partial charge in [-0.15, -0.1) is 0 Å². The second kappa shape index (κ2) is 7.21. The number of aromatic amines is 2. The van der Waals surface area contributed by atoms with Crippen molar-refractivity contribution in [2.45, 2.75) is 32.6 Å². The first kappa shape index (κ1) is 17.7. The molecule has 2 N–H and O–H groups in total. The molecule has 2 heterocycles. The normalized spacial score (nSPS) is 12.6. The molecule has 0 saturated carbocycles. The van der Waals surface area contributed by atoms with E-state index in [-0.39, 0.29) is 5.92 Å². The molecule has 5 rings (SSSR count). The third-order valence-corrected chi connectivity index (χ3v) is 5.44. The van der Waals surface area contributed by atoms with E-state index >= 15 is 0 Å². The second-order valence-corrected chi connectivity index (χ2v) is 7.94. The summed E-state index contributed by atoms with van der Waals surface area (Å²) >= 11 is 0. The molecule has 1 atom stereocenters. The van der Waals surface area contributed by atoms with E-state index < -0.39 is 0 Å². The van der Waals surface area contributed by atoms with Crippen LogP contribution in [0.5, 0.6) is 0 Å². The number of para-hydroxylation sites is 4. The van der Waals surface area contributed by atoms with Crippen molar-refractivity contribution in [1.29, 1.82) is 0 Å². The fraction of sp³-hybridized carbons (Fsp3) is 0.200. The molecule has 0 radical (unpaired) electrons. The molecule has 144 valence electrons. The van der Waals surface area contributed by atoms with Crippen LogP contribution in [0.15, 0.2) is 66.7 Å². The average Bonchev–Trinajstić information content (AvgIpc) is 3.30. The minimum absolute atomic E-state index is 0.212. The molecule has 0 aliphatic rings. The fourth-order valence-electron chi connectivity index (χ4n) is 4.24. The summed E-state index contributed by atoms with van der Waals surface area (Å²) in [6.45, 7) is 4.32. The van der Waals surface area contributed by atoms with Crippen molar-refractivity contribution >= 4 is 22.1 Å². The first-order chi connectivity index (χ1) is 14.1. The summed E-state index contributed by atoms with van der Waals surface area (Å²) in [6, 6.07) is 23.2. The number of nitrogens with one attached hydrogen (secondary N) is 2. The summed E-state index contributed by atoms with van der Waals surface area (Å²) in [6.07, 6.45) is 1.72. The number of H-pyrrole nitrogens is 2. The third-order valence-electron chi connectivity index (χ3n) is 5.44. The molecule has 0 aliphatic carbocycles. The molecule has 29 heavy (non-hydrogen) atoms. The quantitative estimate of drug-likeness (QED) is 0.415. The van der Waals surface area contributed by atoms with Crippen LogP contribution in [-0.4, -0.2) is 19.9 Å². The molecule has 0 spiro atoms. The highest BCUT2D eigenvalue weighted by molar-refractivity contribution is 5.75. The summed E-state index contributed by atoms with van der Waals surface area (Å²) in [5.41, 5.74) is 8.12. The number of imidazole rings is 2. The summed E-state index contributed by atoms with van der Waals surface area (Å²) in [7, 11) is 0. The van der Waals surface area contributed by atoms with Gasteiger partial charge < -0.3 is 9.97 Å². The van der Waals surface area contributed by atoms with E-state index in [1.807, 2.05) is 24.3 Å². The molecule has 0 fully saturated rings. The molecule has 4 heteroatoms. The number of hydrogen-bond acceptors (Lipinski definition) is 2. The minimum Gasteiger partial charge on any atom is -0.342 e. The van der Waals surface area contributed by atoms with Gasteiger partial charge in [-0.1, -0.05) is 53.6 Å². The summed E-state index contributed by atoms with van der Waals surface area (Å²) in [5, 5.41) is 0. The van der Waals surface area contributed by atoms with Crippen molar-refractivity contribution in [3.05, 3.63) is 95.1 Å². The Morgan fingerprint density at radius 3 is 2.00 bits per heavy atom. The zero-order chi connectivity index (χ0) is 19.8. The predicted molar refractivity (Wildman–Crippen MR) is 118 cm³/mol. The summed E-state index contributed by atoms with van der Waals surface area (Å²) in [5.74, 6) is 2.23. The molecule has 3 aromatic carbocycles. The van der Waals surface area contributed by atoms with Gasteiger partial charge in [0.25, 0.3) is 0 Å². The lowest BCUT2D eigenvalue weighted by Gasteiger charge is -2.15. The molecule has 2 aromatic heterocycles. The largest absolute Gasteiger partial charge is 0.342 e. The highest BCUT2D eigenvalue weighted by atomic mass is 14.9. The van der Waals surface area contributed by atoms with E-state index in [1.165, 1.54) is 16.7 Å². The Hall–Kier alpha value is -3.40. The zero-order valence-corrected chi connectivity index (χ0v) is 16.7. The highest BCUT2D eigenvalue weighted by Gasteiger charge is 2.19. The first-order valence-electron chi connectivity index (χ1n) is 10.1. The lowest BCUT2D eigenvalue weighted by molar-refractivity contribution is 0.627. The van der Waals surface area contributed by atoms with Crippen LogP contribution in [0.2, 0.25) is 0 Å². The fourth-order valence-corrected chi connectivity index (χ4v) is 4.24. The highest BCUT2D eigenvalue weighted by Crippen LogP contribution is 2.26. The maximum absolute atomic E-state index is 4.91. The van der Waals surface area contributed by atoms with Crippen LogP contribution in [-0.2, 0) is 12.8 Å². The van der Waals surface area contributed by atoms with Crippen molar-refractivity contribution in [2.24, 2.45) is 0 Å². The monoisotopic (exact) mass is 380 g/mol. The van der Waals surface area contributed by atoms with Crippen LogP contribution in [0.1, 0.15) is 34.3 Å². The number of hydrogen-bond donors (Lipinski definition) is 2. The van der Waals surface area contributed by atoms with Gasteiger partial charge in [-0.2, -0.15) is 0 Å². The number of aryl methyl sites for hydroxylation is 2. The zero-order valence-electron chi connectivity index (χ0n) is 16.7. The van der Waals surface area contributed by atoms with Gasteiger partial charge in [-0.05, 0) is 50.1 Å². The van der Waals surface area contributed by atoms with E-state index in [1.54, 1.807) is 0 Å². The topological polar surface area (TPSA) is 57.4 Å². The Labute approximate surface area is 170 Å². The van der Waals surface area contributed by atoms with Crippen LogP contribution < -0.4 is 0 Å². The van der Waals surface area contributed by atoms with Crippen LogP contribution >= 0.6 is 0 Å². The number of nitrogens with zero attached hydrogens (tertiary/aromatic N) is 2. The standard InChI is InChI=1S/C25H24N4/c1-16-11-17(2)13-18(12-16)14-19(25-28-22-9-5-6-10-23(22)29-25)15-24-26-20-7-3-4-8-21(20)27-24/h3-13,19H,14-15H2,1-2H3,(H,26,27)(H,28,29)/t19-/m0/s1. The predicted octanol–water partition coefficient (Wildman–Crippen LogP) is 5.63. The van der Waals surface area contributed by atoms with Crippen LogP contribution in [0, 0.1) is 13.8 Å². The van der Waals surface area contributed by atoms with Crippen molar-refractivity contribution < 1.29 is 0 Å². The maximum atomic E-state index is 4.91. The van der Waals surface area contributed by atoms with Crippen molar-refractivity contribution in [1.82, 2.24) is 19.9 Å². The van der Waals surface area contributed by atoms with E-state index in [0.717, 1.165) is 46.6 Å². The molecule has 0 amide bonds. The SMILES string of the molecule is Cc1cc(C)cc(C[C@@H](Cc2nc3ccccc3[nH]2)c2nc3ccccc3[nH]2)c1. The van der Waals surface area contributed by atoms with Gasteiger partial charge in [0.15, 0.2) is 0 Å². The number of aromatic nitrogens is 4. The number of fused-ring (bicyclic) bond motifs is 2. The van der Waals surface area contributed by atoms with Crippen molar-refractivity contribution in [2.75, 3.05) is 0 Å². The van der Waals surface area contributed by atoms with Crippen molar-refractivity contribution in [3.63, 3.8) is 0 Å². The van der Waals surface area contributed by atoms with Gasteiger partial charge >= 0.3 is 0 Å². The van der Waals surface area contributed by atoms with Crippen LogP contribution in [0.3, 0.4) is 0 Å². The molecule has 5 aromatic rings. The van der Waals surface area contributed by atoms with Gasteiger partial charge in [-0.25, -0.2) is 9.97 Å². The maximum Gasteiger partial charge on any atom is 0.111 e. The Morgan fingerprint density at radius 2 is 1.34 bits per heavy atom. The lowest BCUT2D eigenvalue weighted by Crippen LogP contribution is -2.10. The number of rotatable bonds is 5. The molecule has 0 bridgehead atoms. The van der Waals surface area contributed by atoms with Crippen LogP contribution in [0.4, 0.5) is 0 Å². The van der Waals surface area contributed by atoms with E-state index in [9.17, 15) is 0 Å². The van der Waals surface area contributed by atoms with Crippen LogP contribution in [0.25, 0.3) is 22.1 Å². The molecular weight excluding hydrogens is 356 g/mol. The van der Waals surface area contributed by atoms with E-state index in [0.29, 0.717) is 0 Å². The van der Waals surface area contributed by atoms with Gasteiger partial charge in [0.1, 0.15) is 11.6 Å². The van der Waals surface area contributed by atoms with Gasteiger partial charge in [0.2, 0.25) is 0 Å². The Kier molecular flexibility index (Phi) is 4.39. The first-order valence-corrected chi connectivity index (χ1v) is 10.1. The molecule has 0 unspecified atom stereocenters. The number of benzene rings is 3. The Morgan fingerprint density at radius 1 is 0.724 bits per heavy atom. The Balaban J connectivity index is 1.53. The third kappa shape index (κ3) is 3.66.